The van der Waals surface area contributed by atoms with Gasteiger partial charge in [-0.15, -0.1) is 0 Å². The number of hydrogen-bond donors (Lipinski definition) is 3. The van der Waals surface area contributed by atoms with Gasteiger partial charge in [-0.25, -0.2) is 4.79 Å². The van der Waals surface area contributed by atoms with E-state index in [-0.39, 0.29) is 18.1 Å². The molecule has 0 radical (unpaired) electrons. The number of carboxylic acids is 1. The van der Waals surface area contributed by atoms with Crippen molar-refractivity contribution in [1.82, 2.24) is 10.6 Å². The van der Waals surface area contributed by atoms with Gasteiger partial charge < -0.3 is 20.5 Å². The van der Waals surface area contributed by atoms with Gasteiger partial charge in [0.1, 0.15) is 0 Å². The molecule has 3 atom stereocenters. The fourth-order valence-corrected chi connectivity index (χ4v) is 2.29. The van der Waals surface area contributed by atoms with Gasteiger partial charge in [0.25, 0.3) is 0 Å². The summed E-state index contributed by atoms with van der Waals surface area (Å²) in [6, 6.07) is -0.612. The fraction of sp³-hybridized carbons (Fsp3) is 0.833. The number of urea groups is 1. The van der Waals surface area contributed by atoms with Crippen LogP contribution in [0.15, 0.2) is 0 Å². The van der Waals surface area contributed by atoms with E-state index in [1.54, 1.807) is 7.11 Å². The third-order valence-electron chi connectivity index (χ3n) is 3.35. The highest BCUT2D eigenvalue weighted by Gasteiger charge is 2.34. The van der Waals surface area contributed by atoms with Crippen molar-refractivity contribution in [3.63, 3.8) is 0 Å². The first-order valence-corrected chi connectivity index (χ1v) is 6.37. The smallest absolute Gasteiger partial charge is 0.315 e. The van der Waals surface area contributed by atoms with Crippen molar-refractivity contribution >= 4 is 12.0 Å². The zero-order chi connectivity index (χ0) is 13.5. The van der Waals surface area contributed by atoms with Crippen LogP contribution in [-0.4, -0.2) is 42.9 Å². The number of carbonyl (C=O) groups is 2. The molecule has 0 bridgehead atoms. The summed E-state index contributed by atoms with van der Waals surface area (Å²) in [5, 5.41) is 14.6. The van der Waals surface area contributed by atoms with E-state index in [0.717, 1.165) is 19.3 Å². The first kappa shape index (κ1) is 14.8. The lowest BCUT2D eigenvalue weighted by Gasteiger charge is -2.21. The first-order valence-electron chi connectivity index (χ1n) is 6.37. The van der Waals surface area contributed by atoms with E-state index in [4.69, 9.17) is 9.84 Å². The molecule has 1 saturated carbocycles. The number of hydrogen-bond acceptors (Lipinski definition) is 3. The Bertz CT molecular complexity index is 296. The molecule has 0 spiro atoms. The van der Waals surface area contributed by atoms with E-state index >= 15 is 0 Å². The van der Waals surface area contributed by atoms with Gasteiger partial charge >= 0.3 is 12.0 Å². The first-order chi connectivity index (χ1) is 8.58. The van der Waals surface area contributed by atoms with Crippen molar-refractivity contribution in [2.24, 2.45) is 5.92 Å². The van der Waals surface area contributed by atoms with Gasteiger partial charge in [-0.2, -0.15) is 0 Å². The van der Waals surface area contributed by atoms with Gasteiger partial charge in [0.15, 0.2) is 0 Å². The summed E-state index contributed by atoms with van der Waals surface area (Å²) >= 11 is 0. The van der Waals surface area contributed by atoms with Crippen molar-refractivity contribution in [3.8, 4) is 0 Å². The van der Waals surface area contributed by atoms with Gasteiger partial charge in [-0.3, -0.25) is 4.79 Å². The molecule has 1 rings (SSSR count). The SMILES string of the molecule is CCC(COC)NC(=O)NC1CCCC1C(=O)O. The maximum Gasteiger partial charge on any atom is 0.315 e. The number of nitrogens with one attached hydrogen (secondary N) is 2. The molecular formula is C12H22N2O4. The van der Waals surface area contributed by atoms with Crippen LogP contribution in [0, 0.1) is 5.92 Å². The average molecular weight is 258 g/mol. The molecule has 0 aromatic rings. The van der Waals surface area contributed by atoms with Crippen molar-refractivity contribution in [2.45, 2.75) is 44.7 Å². The summed E-state index contributed by atoms with van der Waals surface area (Å²) in [7, 11) is 1.58. The molecule has 1 aliphatic carbocycles. The summed E-state index contributed by atoms with van der Waals surface area (Å²) in [5.41, 5.74) is 0. The molecule has 0 aromatic carbocycles. The number of ether oxygens (including phenoxy) is 1. The highest BCUT2D eigenvalue weighted by molar-refractivity contribution is 5.77. The van der Waals surface area contributed by atoms with E-state index in [1.807, 2.05) is 6.92 Å². The lowest BCUT2D eigenvalue weighted by Crippen LogP contribution is -2.49. The van der Waals surface area contributed by atoms with Crippen LogP contribution in [0.3, 0.4) is 0 Å². The quantitative estimate of drug-likeness (QED) is 0.662. The van der Waals surface area contributed by atoms with E-state index in [1.165, 1.54) is 0 Å². The van der Waals surface area contributed by atoms with Gasteiger partial charge in [-0.1, -0.05) is 13.3 Å². The second-order valence-corrected chi connectivity index (χ2v) is 4.66. The van der Waals surface area contributed by atoms with E-state index in [2.05, 4.69) is 10.6 Å². The van der Waals surface area contributed by atoms with E-state index in [9.17, 15) is 9.59 Å². The molecule has 1 aliphatic rings. The Kier molecular flexibility index (Phi) is 5.91. The van der Waals surface area contributed by atoms with Crippen molar-refractivity contribution in [1.29, 1.82) is 0 Å². The topological polar surface area (TPSA) is 87.7 Å². The molecule has 0 aromatic heterocycles. The Morgan fingerprint density at radius 2 is 2.17 bits per heavy atom. The monoisotopic (exact) mass is 258 g/mol. The second-order valence-electron chi connectivity index (χ2n) is 4.66. The normalized spacial score (nSPS) is 24.6. The predicted octanol–water partition coefficient (Wildman–Crippen LogP) is 0.964. The van der Waals surface area contributed by atoms with Crippen LogP contribution in [0.25, 0.3) is 0 Å². The molecule has 3 unspecified atom stereocenters. The maximum atomic E-state index is 11.7. The van der Waals surface area contributed by atoms with Crippen molar-refractivity contribution in [2.75, 3.05) is 13.7 Å². The minimum Gasteiger partial charge on any atom is -0.481 e. The highest BCUT2D eigenvalue weighted by atomic mass is 16.5. The van der Waals surface area contributed by atoms with Crippen LogP contribution in [-0.2, 0) is 9.53 Å². The van der Waals surface area contributed by atoms with Gasteiger partial charge in [-0.05, 0) is 19.3 Å². The summed E-state index contributed by atoms with van der Waals surface area (Å²) in [6.07, 6.45) is 2.98. The molecule has 0 aliphatic heterocycles. The van der Waals surface area contributed by atoms with E-state index in [0.29, 0.717) is 13.0 Å². The molecule has 6 nitrogen and oxygen atoms in total. The molecule has 2 amide bonds. The summed E-state index contributed by atoms with van der Waals surface area (Å²) in [4.78, 5) is 22.7. The van der Waals surface area contributed by atoms with Crippen molar-refractivity contribution < 1.29 is 19.4 Å². The Hall–Kier alpha value is -1.30. The van der Waals surface area contributed by atoms with Gasteiger partial charge in [0.05, 0.1) is 18.6 Å². The Balaban J connectivity index is 2.41. The lowest BCUT2D eigenvalue weighted by atomic mass is 10.0. The van der Waals surface area contributed by atoms with Crippen LogP contribution in [0.5, 0.6) is 0 Å². The highest BCUT2D eigenvalue weighted by Crippen LogP contribution is 2.25. The largest absolute Gasteiger partial charge is 0.481 e. The maximum absolute atomic E-state index is 11.7. The number of methoxy groups -OCH3 is 1. The number of carbonyl (C=O) groups excluding carboxylic acids is 1. The summed E-state index contributed by atoms with van der Waals surface area (Å²) in [6.45, 7) is 2.41. The van der Waals surface area contributed by atoms with Gasteiger partial charge in [0.2, 0.25) is 0 Å². The third-order valence-corrected chi connectivity index (χ3v) is 3.35. The fourth-order valence-electron chi connectivity index (χ4n) is 2.29. The Labute approximate surface area is 107 Å². The predicted molar refractivity (Wildman–Crippen MR) is 66.4 cm³/mol. The Morgan fingerprint density at radius 1 is 1.44 bits per heavy atom. The van der Waals surface area contributed by atoms with Crippen LogP contribution >= 0.6 is 0 Å². The molecule has 104 valence electrons. The summed E-state index contributed by atoms with van der Waals surface area (Å²) < 4.78 is 4.99. The lowest BCUT2D eigenvalue weighted by molar-refractivity contribution is -0.142. The molecule has 6 heteroatoms. The van der Waals surface area contributed by atoms with Crippen LogP contribution < -0.4 is 10.6 Å². The summed E-state index contributed by atoms with van der Waals surface area (Å²) in [5.74, 6) is -1.29. The molecule has 3 N–H and O–H groups in total. The Morgan fingerprint density at radius 3 is 2.72 bits per heavy atom. The standard InChI is InChI=1S/C12H22N2O4/c1-3-8(7-18-2)13-12(17)14-10-6-4-5-9(10)11(15)16/h8-10H,3-7H2,1-2H3,(H,15,16)(H2,13,14,17). The third kappa shape index (κ3) is 4.18. The minimum absolute atomic E-state index is 0.0420. The number of rotatable bonds is 6. The average Bonchev–Trinajstić information content (AvgIpc) is 2.76. The molecule has 0 saturated heterocycles. The number of aliphatic carboxylic acids is 1. The number of amides is 2. The zero-order valence-corrected chi connectivity index (χ0v) is 10.9. The van der Waals surface area contributed by atoms with Crippen LogP contribution in [0.4, 0.5) is 4.79 Å². The van der Waals surface area contributed by atoms with Crippen molar-refractivity contribution in [3.05, 3.63) is 0 Å². The van der Waals surface area contributed by atoms with Crippen LogP contribution in [0.1, 0.15) is 32.6 Å². The second kappa shape index (κ2) is 7.20. The molecule has 0 heterocycles. The molecule has 1 fully saturated rings. The van der Waals surface area contributed by atoms with E-state index < -0.39 is 11.9 Å². The van der Waals surface area contributed by atoms with Crippen LogP contribution in [0.2, 0.25) is 0 Å². The van der Waals surface area contributed by atoms with Gasteiger partial charge in [0, 0.05) is 13.2 Å². The number of carboxylic acid groups (broad SMARTS) is 1. The zero-order valence-electron chi connectivity index (χ0n) is 10.9. The molecular weight excluding hydrogens is 236 g/mol. The minimum atomic E-state index is -0.832. The molecule has 18 heavy (non-hydrogen) atoms.